The van der Waals surface area contributed by atoms with Crippen LogP contribution in [0.5, 0.6) is 0 Å². The summed E-state index contributed by atoms with van der Waals surface area (Å²) in [6.07, 6.45) is 0. The van der Waals surface area contributed by atoms with Gasteiger partial charge in [0, 0.05) is 27.6 Å². The van der Waals surface area contributed by atoms with Crippen LogP contribution in [-0.2, 0) is 5.41 Å². The molecule has 12 rings (SSSR count). The Kier molecular flexibility index (Phi) is 8.76. The van der Waals surface area contributed by atoms with Gasteiger partial charge in [0.05, 0.1) is 16.8 Å². The molecule has 0 spiro atoms. The van der Waals surface area contributed by atoms with Crippen molar-refractivity contribution in [2.75, 3.05) is 4.90 Å². The van der Waals surface area contributed by atoms with Crippen LogP contribution in [0.25, 0.3) is 66.4 Å². The van der Waals surface area contributed by atoms with Gasteiger partial charge in [-0.3, -0.25) is 0 Å². The molecule has 0 fully saturated rings. The van der Waals surface area contributed by atoms with Crippen LogP contribution in [0.2, 0.25) is 0 Å². The van der Waals surface area contributed by atoms with Crippen LogP contribution >= 0.6 is 0 Å². The lowest BCUT2D eigenvalue weighted by Gasteiger charge is -2.38. The maximum Gasteiger partial charge on any atom is 0.136 e. The van der Waals surface area contributed by atoms with E-state index in [1.165, 1.54) is 38.9 Å². The molecular weight excluding hydrogens is 763 g/mol. The second-order valence-electron chi connectivity index (χ2n) is 16.4. The molecule has 0 saturated heterocycles. The molecule has 1 aliphatic rings. The van der Waals surface area contributed by atoms with Crippen LogP contribution in [-0.4, -0.2) is 0 Å². The summed E-state index contributed by atoms with van der Waals surface area (Å²) in [5.74, 6) is 0. The summed E-state index contributed by atoms with van der Waals surface area (Å²) < 4.78 is 6.60. The molecule has 0 radical (unpaired) electrons. The van der Waals surface area contributed by atoms with Crippen LogP contribution in [0.1, 0.15) is 22.3 Å². The van der Waals surface area contributed by atoms with E-state index in [1.807, 2.05) is 6.07 Å². The Morgan fingerprint density at radius 3 is 1.63 bits per heavy atom. The van der Waals surface area contributed by atoms with E-state index in [9.17, 15) is 0 Å². The predicted octanol–water partition coefficient (Wildman–Crippen LogP) is 16.4. The highest BCUT2D eigenvalue weighted by molar-refractivity contribution is 6.08. The molecule has 0 unspecified atom stereocenters. The van der Waals surface area contributed by atoms with Gasteiger partial charge in [-0.05, 0) is 98.1 Å². The van der Waals surface area contributed by atoms with Crippen molar-refractivity contribution in [2.24, 2.45) is 0 Å². The largest absolute Gasteiger partial charge is 0.456 e. The van der Waals surface area contributed by atoms with Crippen LogP contribution in [0, 0.1) is 0 Å². The first-order valence-electron chi connectivity index (χ1n) is 21.7. The molecule has 0 aliphatic heterocycles. The summed E-state index contributed by atoms with van der Waals surface area (Å²) in [4.78, 5) is 2.53. The predicted molar refractivity (Wildman–Crippen MR) is 262 cm³/mol. The van der Waals surface area contributed by atoms with E-state index >= 15 is 0 Å². The van der Waals surface area contributed by atoms with Gasteiger partial charge in [-0.2, -0.15) is 0 Å². The van der Waals surface area contributed by atoms with E-state index in [1.54, 1.807) is 0 Å². The van der Waals surface area contributed by atoms with E-state index in [0.29, 0.717) is 0 Å². The molecule has 0 N–H and O–H groups in total. The van der Waals surface area contributed by atoms with Gasteiger partial charge in [-0.25, -0.2) is 0 Å². The number of furan rings is 1. The average Bonchev–Trinajstić information content (AvgIpc) is 3.89. The third kappa shape index (κ3) is 5.87. The number of para-hydroxylation sites is 1. The molecule has 1 aromatic heterocycles. The number of hydrogen-bond donors (Lipinski definition) is 0. The zero-order valence-corrected chi connectivity index (χ0v) is 34.5. The first kappa shape index (κ1) is 36.6. The number of fused-ring (bicyclic) bond motifs is 6. The van der Waals surface area contributed by atoms with E-state index in [4.69, 9.17) is 4.42 Å². The normalized spacial score (nSPS) is 12.6. The number of benzene rings is 10. The highest BCUT2D eigenvalue weighted by atomic mass is 16.3. The van der Waals surface area contributed by atoms with E-state index in [0.717, 1.165) is 66.8 Å². The van der Waals surface area contributed by atoms with E-state index in [-0.39, 0.29) is 0 Å². The van der Waals surface area contributed by atoms with Crippen LogP contribution in [0.4, 0.5) is 17.1 Å². The number of rotatable bonds is 8. The summed E-state index contributed by atoms with van der Waals surface area (Å²) in [6, 6.07) is 90.5. The third-order valence-electron chi connectivity index (χ3n) is 12.9. The lowest BCUT2D eigenvalue weighted by atomic mass is 9.67. The zero-order valence-electron chi connectivity index (χ0n) is 34.5. The van der Waals surface area contributed by atoms with Gasteiger partial charge < -0.3 is 9.32 Å². The fourth-order valence-corrected chi connectivity index (χ4v) is 10.3. The second-order valence-corrected chi connectivity index (χ2v) is 16.4. The van der Waals surface area contributed by atoms with Gasteiger partial charge in [-0.15, -0.1) is 0 Å². The van der Waals surface area contributed by atoms with Crippen molar-refractivity contribution < 1.29 is 4.42 Å². The van der Waals surface area contributed by atoms with Crippen molar-refractivity contribution in [3.05, 3.63) is 271 Å². The van der Waals surface area contributed by atoms with Gasteiger partial charge in [0.2, 0.25) is 0 Å². The molecule has 2 heteroatoms. The minimum absolute atomic E-state index is 0.634. The van der Waals surface area contributed by atoms with Crippen LogP contribution in [0.3, 0.4) is 0 Å². The SMILES string of the molecule is c1ccc(-c2cccc(N(c3cccc(-c4ccccc4)c3-c3ccc4c(c3)oc3ccccc34)c3cccc4c3C(c3ccccc3)(c3ccccc3)c3ccccc3-4)c2)cc1. The van der Waals surface area contributed by atoms with Crippen molar-refractivity contribution >= 4 is 39.0 Å². The van der Waals surface area contributed by atoms with Crippen LogP contribution < -0.4 is 4.90 Å². The molecule has 2 nitrogen and oxygen atoms in total. The lowest BCUT2D eigenvalue weighted by Crippen LogP contribution is -2.30. The van der Waals surface area contributed by atoms with E-state index in [2.05, 4.69) is 248 Å². The summed E-state index contributed by atoms with van der Waals surface area (Å²) in [5, 5.41) is 2.22. The molecule has 0 bridgehead atoms. The van der Waals surface area contributed by atoms with E-state index < -0.39 is 5.41 Å². The smallest absolute Gasteiger partial charge is 0.136 e. The number of hydrogen-bond acceptors (Lipinski definition) is 2. The average molecular weight is 804 g/mol. The van der Waals surface area contributed by atoms with Crippen molar-refractivity contribution in [1.29, 1.82) is 0 Å². The maximum atomic E-state index is 6.60. The molecule has 0 amide bonds. The van der Waals surface area contributed by atoms with Gasteiger partial charge in [0.1, 0.15) is 11.2 Å². The summed E-state index contributed by atoms with van der Waals surface area (Å²) in [5.41, 5.74) is 18.6. The lowest BCUT2D eigenvalue weighted by molar-refractivity contribution is 0.669. The molecule has 10 aromatic carbocycles. The Hall–Kier alpha value is -8.20. The third-order valence-corrected chi connectivity index (χ3v) is 12.9. The zero-order chi connectivity index (χ0) is 41.7. The summed E-state index contributed by atoms with van der Waals surface area (Å²) in [7, 11) is 0. The first-order valence-corrected chi connectivity index (χ1v) is 21.7. The molecule has 296 valence electrons. The Morgan fingerprint density at radius 2 is 0.889 bits per heavy atom. The topological polar surface area (TPSA) is 16.4 Å². The molecular formula is C61H41NO. The Bertz CT molecular complexity index is 3400. The Labute approximate surface area is 367 Å². The standard InChI is InChI=1S/C61H41NO/c1-5-20-42(21-6-1)44-24-17-29-48(40-44)62(55-35-18-32-49(43-22-7-2-8-23-43)59(55)45-38-39-52-51-31-14-16-37-57(51)63-58(52)41-45)56-36-19-33-53-50-30-13-15-34-54(50)61(60(53)56,46-25-9-3-10-26-46)47-27-11-4-12-28-47/h1-41H. The monoisotopic (exact) mass is 803 g/mol. The molecule has 1 aliphatic carbocycles. The molecule has 1 heterocycles. The van der Waals surface area contributed by atoms with Gasteiger partial charge in [0.15, 0.2) is 0 Å². The fraction of sp³-hybridized carbons (Fsp3) is 0.0164. The Morgan fingerprint density at radius 1 is 0.333 bits per heavy atom. The molecule has 63 heavy (non-hydrogen) atoms. The first-order chi connectivity index (χ1) is 31.3. The van der Waals surface area contributed by atoms with Crippen LogP contribution in [0.15, 0.2) is 253 Å². The van der Waals surface area contributed by atoms with Crippen molar-refractivity contribution in [3.63, 3.8) is 0 Å². The fourth-order valence-electron chi connectivity index (χ4n) is 10.3. The summed E-state index contributed by atoms with van der Waals surface area (Å²) in [6.45, 7) is 0. The Balaban J connectivity index is 1.21. The van der Waals surface area contributed by atoms with Crippen molar-refractivity contribution in [2.45, 2.75) is 5.41 Å². The minimum atomic E-state index is -0.634. The minimum Gasteiger partial charge on any atom is -0.456 e. The molecule has 0 atom stereocenters. The number of anilines is 3. The second kappa shape index (κ2) is 15.1. The quantitative estimate of drug-likeness (QED) is 0.152. The highest BCUT2D eigenvalue weighted by Gasteiger charge is 2.48. The van der Waals surface area contributed by atoms with Gasteiger partial charge in [0.25, 0.3) is 0 Å². The number of nitrogens with zero attached hydrogens (tertiary/aromatic N) is 1. The molecule has 11 aromatic rings. The summed E-state index contributed by atoms with van der Waals surface area (Å²) >= 11 is 0. The van der Waals surface area contributed by atoms with Gasteiger partial charge >= 0.3 is 0 Å². The highest BCUT2D eigenvalue weighted by Crippen LogP contribution is 2.61. The van der Waals surface area contributed by atoms with Gasteiger partial charge in [-0.1, -0.05) is 206 Å². The van der Waals surface area contributed by atoms with Crippen molar-refractivity contribution in [1.82, 2.24) is 0 Å². The molecule has 0 saturated carbocycles. The van der Waals surface area contributed by atoms with Crippen molar-refractivity contribution in [3.8, 4) is 44.5 Å². The maximum absolute atomic E-state index is 6.60.